The molecule has 3 N–H and O–H groups in total. The highest BCUT2D eigenvalue weighted by Crippen LogP contribution is 2.27. The predicted molar refractivity (Wildman–Crippen MR) is 61.9 cm³/mol. The molecule has 1 aromatic heterocycles. The molecule has 1 aliphatic rings. The van der Waals surface area contributed by atoms with E-state index in [2.05, 4.69) is 15.4 Å². The van der Waals surface area contributed by atoms with Crippen molar-refractivity contribution >= 4 is 17.8 Å². The Morgan fingerprint density at radius 1 is 1.61 bits per heavy atom. The fourth-order valence-corrected chi connectivity index (χ4v) is 1.90. The van der Waals surface area contributed by atoms with Gasteiger partial charge in [-0.15, -0.1) is 5.10 Å². The number of amides is 1. The first-order chi connectivity index (χ1) is 8.54. The van der Waals surface area contributed by atoms with E-state index in [1.165, 1.54) is 4.68 Å². The zero-order valence-corrected chi connectivity index (χ0v) is 10.2. The van der Waals surface area contributed by atoms with Crippen LogP contribution in [-0.2, 0) is 9.53 Å². The van der Waals surface area contributed by atoms with Crippen LogP contribution in [0, 0.1) is 5.92 Å². The molecule has 0 bridgehead atoms. The second-order valence-corrected chi connectivity index (χ2v) is 4.05. The molecule has 18 heavy (non-hydrogen) atoms. The van der Waals surface area contributed by atoms with Crippen LogP contribution in [0.4, 0.5) is 5.95 Å². The maximum atomic E-state index is 11.7. The highest BCUT2D eigenvalue weighted by atomic mass is 16.5. The Morgan fingerprint density at radius 2 is 2.33 bits per heavy atom. The molecule has 2 unspecified atom stereocenters. The minimum Gasteiger partial charge on any atom is -0.466 e. The number of primary amides is 1. The summed E-state index contributed by atoms with van der Waals surface area (Å²) in [5.74, 6) is -0.969. The number of aromatic nitrogens is 3. The number of rotatable bonds is 3. The number of nitrogens with zero attached hydrogens (tertiary/aromatic N) is 3. The van der Waals surface area contributed by atoms with E-state index in [1.54, 1.807) is 6.92 Å². The molecule has 2 atom stereocenters. The monoisotopic (exact) mass is 253 g/mol. The number of esters is 1. The molecular formula is C10H15N5O3. The summed E-state index contributed by atoms with van der Waals surface area (Å²) in [6, 6.07) is -0.235. The highest BCUT2D eigenvalue weighted by molar-refractivity contribution is 5.89. The molecule has 0 spiro atoms. The van der Waals surface area contributed by atoms with Crippen LogP contribution >= 0.6 is 0 Å². The number of anilines is 1. The molecule has 0 saturated heterocycles. The molecular weight excluding hydrogens is 238 g/mol. The van der Waals surface area contributed by atoms with E-state index in [1.807, 2.05) is 6.92 Å². The van der Waals surface area contributed by atoms with Crippen LogP contribution < -0.4 is 11.1 Å². The normalized spacial score (nSPS) is 21.9. The fraction of sp³-hybridized carbons (Fsp3) is 0.600. The maximum Gasteiger partial charge on any atom is 0.312 e. The first-order valence-corrected chi connectivity index (χ1v) is 5.71. The van der Waals surface area contributed by atoms with Gasteiger partial charge in [0.1, 0.15) is 0 Å². The van der Waals surface area contributed by atoms with E-state index in [-0.39, 0.29) is 23.8 Å². The van der Waals surface area contributed by atoms with Crippen LogP contribution in [0.25, 0.3) is 0 Å². The maximum absolute atomic E-state index is 11.7. The third-order valence-electron chi connectivity index (χ3n) is 2.89. The van der Waals surface area contributed by atoms with Crippen LogP contribution in [0.1, 0.15) is 30.5 Å². The van der Waals surface area contributed by atoms with Crippen molar-refractivity contribution in [3.8, 4) is 0 Å². The number of ether oxygens (including phenoxy) is 1. The Morgan fingerprint density at radius 3 is 2.94 bits per heavy atom. The van der Waals surface area contributed by atoms with E-state index in [9.17, 15) is 9.59 Å². The average Bonchev–Trinajstić information content (AvgIpc) is 2.74. The lowest BCUT2D eigenvalue weighted by Gasteiger charge is -2.28. The van der Waals surface area contributed by atoms with E-state index >= 15 is 0 Å². The van der Waals surface area contributed by atoms with Gasteiger partial charge in [0.05, 0.1) is 18.6 Å². The summed E-state index contributed by atoms with van der Waals surface area (Å²) in [4.78, 5) is 26.7. The van der Waals surface area contributed by atoms with Crippen LogP contribution in [0.2, 0.25) is 0 Å². The first kappa shape index (κ1) is 12.3. The SMILES string of the molecule is CCOC(=O)C1CNc2nc(C(N)=O)nn2C1C. The van der Waals surface area contributed by atoms with Crippen molar-refractivity contribution in [2.75, 3.05) is 18.5 Å². The Bertz CT molecular complexity index is 484. The lowest BCUT2D eigenvalue weighted by Crippen LogP contribution is -2.37. The lowest BCUT2D eigenvalue weighted by atomic mass is 10.0. The lowest BCUT2D eigenvalue weighted by molar-refractivity contribution is -0.149. The largest absolute Gasteiger partial charge is 0.466 e. The summed E-state index contributed by atoms with van der Waals surface area (Å²) < 4.78 is 6.48. The van der Waals surface area contributed by atoms with Gasteiger partial charge in [0.15, 0.2) is 0 Å². The number of hydrogen-bond donors (Lipinski definition) is 2. The first-order valence-electron chi connectivity index (χ1n) is 5.71. The zero-order valence-electron chi connectivity index (χ0n) is 10.2. The summed E-state index contributed by atoms with van der Waals surface area (Å²) in [6.07, 6.45) is 0. The predicted octanol–water partition coefficient (Wildman–Crippen LogP) is -0.457. The molecule has 0 fully saturated rings. The quantitative estimate of drug-likeness (QED) is 0.705. The molecule has 1 aromatic rings. The summed E-state index contributed by atoms with van der Waals surface area (Å²) in [6.45, 7) is 4.31. The van der Waals surface area contributed by atoms with Gasteiger partial charge in [-0.25, -0.2) is 4.68 Å². The van der Waals surface area contributed by atoms with E-state index < -0.39 is 5.91 Å². The van der Waals surface area contributed by atoms with Crippen LogP contribution in [0.15, 0.2) is 0 Å². The topological polar surface area (TPSA) is 112 Å². The number of hydrogen-bond acceptors (Lipinski definition) is 6. The van der Waals surface area contributed by atoms with Crippen molar-refractivity contribution in [3.05, 3.63) is 5.82 Å². The molecule has 8 nitrogen and oxygen atoms in total. The molecule has 0 aliphatic carbocycles. The third-order valence-corrected chi connectivity index (χ3v) is 2.89. The van der Waals surface area contributed by atoms with Crippen molar-refractivity contribution in [1.82, 2.24) is 14.8 Å². The van der Waals surface area contributed by atoms with Crippen molar-refractivity contribution in [1.29, 1.82) is 0 Å². The molecule has 8 heteroatoms. The number of carbonyl (C=O) groups is 2. The van der Waals surface area contributed by atoms with Gasteiger partial charge in [0.25, 0.3) is 5.91 Å². The van der Waals surface area contributed by atoms with Crippen LogP contribution in [-0.4, -0.2) is 39.8 Å². The average molecular weight is 253 g/mol. The minimum atomic E-state index is -0.696. The number of nitrogens with two attached hydrogens (primary N) is 1. The molecule has 98 valence electrons. The smallest absolute Gasteiger partial charge is 0.312 e. The molecule has 1 aliphatic heterocycles. The van der Waals surface area contributed by atoms with Crippen molar-refractivity contribution in [3.63, 3.8) is 0 Å². The van der Waals surface area contributed by atoms with E-state index in [0.717, 1.165) is 0 Å². The summed E-state index contributed by atoms with van der Waals surface area (Å²) >= 11 is 0. The third kappa shape index (κ3) is 2.01. The standard InChI is InChI=1S/C10H15N5O3/c1-3-18-9(17)6-4-12-10-13-8(7(11)16)14-15(10)5(6)2/h5-6H,3-4H2,1-2H3,(H2,11,16)(H,12,13,14). The Kier molecular flexibility index (Phi) is 3.17. The summed E-state index contributed by atoms with van der Waals surface area (Å²) in [5.41, 5.74) is 5.12. The number of fused-ring (bicyclic) bond motifs is 1. The number of carbonyl (C=O) groups excluding carboxylic acids is 2. The van der Waals surface area contributed by atoms with Crippen LogP contribution in [0.5, 0.6) is 0 Å². The van der Waals surface area contributed by atoms with Gasteiger partial charge in [-0.3, -0.25) is 9.59 Å². The van der Waals surface area contributed by atoms with E-state index in [4.69, 9.17) is 10.5 Å². The molecule has 0 radical (unpaired) electrons. The van der Waals surface area contributed by atoms with Gasteiger partial charge in [-0.05, 0) is 13.8 Å². The zero-order chi connectivity index (χ0) is 13.3. The van der Waals surface area contributed by atoms with Gasteiger partial charge >= 0.3 is 5.97 Å². The number of nitrogens with one attached hydrogen (secondary N) is 1. The minimum absolute atomic E-state index is 0.0612. The Balaban J connectivity index is 2.24. The van der Waals surface area contributed by atoms with Gasteiger partial charge in [0.2, 0.25) is 11.8 Å². The second-order valence-electron chi connectivity index (χ2n) is 4.05. The van der Waals surface area contributed by atoms with E-state index in [0.29, 0.717) is 19.1 Å². The molecule has 1 amide bonds. The van der Waals surface area contributed by atoms with Crippen molar-refractivity contribution in [2.24, 2.45) is 11.7 Å². The van der Waals surface area contributed by atoms with Gasteiger partial charge in [0, 0.05) is 6.54 Å². The van der Waals surface area contributed by atoms with Gasteiger partial charge in [-0.1, -0.05) is 0 Å². The molecule has 2 rings (SSSR count). The summed E-state index contributed by atoms with van der Waals surface area (Å²) in [7, 11) is 0. The highest BCUT2D eigenvalue weighted by Gasteiger charge is 2.34. The molecule has 2 heterocycles. The van der Waals surface area contributed by atoms with Gasteiger partial charge in [-0.2, -0.15) is 4.98 Å². The van der Waals surface area contributed by atoms with Crippen molar-refractivity contribution in [2.45, 2.75) is 19.9 Å². The van der Waals surface area contributed by atoms with Crippen LogP contribution in [0.3, 0.4) is 0 Å². The Labute approximate surface area is 103 Å². The fourth-order valence-electron chi connectivity index (χ4n) is 1.90. The molecule has 0 aromatic carbocycles. The second kappa shape index (κ2) is 4.63. The molecule has 0 saturated carbocycles. The Hall–Kier alpha value is -2.12. The summed E-state index contributed by atoms with van der Waals surface area (Å²) in [5, 5.41) is 6.92. The van der Waals surface area contributed by atoms with Gasteiger partial charge < -0.3 is 15.8 Å². The van der Waals surface area contributed by atoms with Crippen molar-refractivity contribution < 1.29 is 14.3 Å².